The van der Waals surface area contributed by atoms with Gasteiger partial charge in [-0.2, -0.15) is 0 Å². The van der Waals surface area contributed by atoms with Gasteiger partial charge in [-0.1, -0.05) is 105 Å². The number of hydrogen-bond donors (Lipinski definition) is 4. The van der Waals surface area contributed by atoms with E-state index >= 15 is 0 Å². The van der Waals surface area contributed by atoms with Crippen molar-refractivity contribution in [2.45, 2.75) is 84.3 Å². The van der Waals surface area contributed by atoms with E-state index in [1.54, 1.807) is 129 Å². The zero-order valence-electron chi connectivity index (χ0n) is 85.4. The molecule has 6 heterocycles. The molecule has 7 aliphatic rings. The number of carbonyl (C=O) groups excluding carboxylic acids is 5. The van der Waals surface area contributed by atoms with E-state index in [0.29, 0.717) is 102 Å². The SMILES string of the molecule is BrCBr.CC(=O)Cc1ccc2c(c1)OCO2.CC(O)Cc1ccc2c(c1)OCO2.COc1cc(/C=C/C(=O)Cc2ccc3c(c2)OCO3)cc(OC)c1OC.COc1cc(C=O)cc(OC)c1OC.COc1ccc(/C=C/C(=O)Cc2ccc3c(c2)OCO3)cc1.COc1ccc(C2CC(O)Cc3cc4c(cc32)OCO4)cc1.COc1ccc(C=O)cc1.Cc1ccc(O)c(O)c1.Cc1ccc2c(c1)OCO2.[K+].[K+].[OH-].[OH-].[O]=[Cr](=[O])=[O]. The number of phenols is 2. The number of benzene rings is 12. The molecule has 12 aromatic carbocycles. The molecule has 6 N–H and O–H groups in total. The number of methoxy groups -OCH3 is 9. The second kappa shape index (κ2) is 67.9. The molecular weight excluding hydrogens is 2170 g/mol. The summed E-state index contributed by atoms with van der Waals surface area (Å²) in [5, 5.41) is 37.1. The molecule has 0 aromatic heterocycles. The Hall–Kier alpha value is -12.1. The summed E-state index contributed by atoms with van der Waals surface area (Å²) in [7, 11) is 14.1. The Labute approximate surface area is 974 Å². The Morgan fingerprint density at radius 2 is 0.707 bits per heavy atom. The van der Waals surface area contributed by atoms with Crippen LogP contribution >= 0.6 is 31.9 Å². The Morgan fingerprint density at radius 1 is 0.387 bits per heavy atom. The molecule has 0 radical (unpaired) electrons. The second-order valence-corrected chi connectivity index (χ2v) is 35.1. The predicted molar refractivity (Wildman–Crippen MR) is 547 cm³/mol. The van der Waals surface area contributed by atoms with Crippen LogP contribution < -0.4 is 202 Å². The quantitative estimate of drug-likeness (QED) is 0.0143. The summed E-state index contributed by atoms with van der Waals surface area (Å²) in [6, 6.07) is 66.3. The van der Waals surface area contributed by atoms with Gasteiger partial charge in [0.1, 0.15) is 35.6 Å². The number of ether oxygens (including phenoxy) is 21. The number of aromatic hydroxyl groups is 2. The van der Waals surface area contributed by atoms with Crippen LogP contribution in [0.25, 0.3) is 12.2 Å². The molecule has 0 saturated heterocycles. The van der Waals surface area contributed by atoms with E-state index in [2.05, 4.69) is 50.1 Å². The van der Waals surface area contributed by atoms with Gasteiger partial charge in [0.2, 0.25) is 52.3 Å². The Morgan fingerprint density at radius 3 is 1.07 bits per heavy atom. The minimum atomic E-state index is -3.79. The van der Waals surface area contributed by atoms with Crippen LogP contribution in [-0.4, -0.2) is 182 Å². The van der Waals surface area contributed by atoms with Crippen LogP contribution in [0.3, 0.4) is 0 Å². The third-order valence-corrected chi connectivity index (χ3v) is 21.4. The summed E-state index contributed by atoms with van der Waals surface area (Å²) >= 11 is 2.33. The Bertz CT molecular complexity index is 6460. The van der Waals surface area contributed by atoms with E-state index in [4.69, 9.17) is 121 Å². The summed E-state index contributed by atoms with van der Waals surface area (Å²) in [4.78, 5) is 55.9. The fraction of sp³-hybridized carbons (Fsp3) is 0.264. The van der Waals surface area contributed by atoms with Gasteiger partial charge in [-0.25, -0.2) is 0 Å². The zero-order chi connectivity index (χ0) is 106. The normalized spacial score (nSPS) is 13.0. The number of rotatable bonds is 24. The van der Waals surface area contributed by atoms with Crippen molar-refractivity contribution in [1.82, 2.24) is 0 Å². The predicted octanol–water partition coefficient (Wildman–Crippen LogP) is 13.5. The first-order valence-corrected chi connectivity index (χ1v) is 48.7. The number of fused-ring (bicyclic) bond motifs is 7. The van der Waals surface area contributed by atoms with Crippen molar-refractivity contribution < 1.29 is 283 Å². The first kappa shape index (κ1) is 128. The second-order valence-electron chi connectivity index (χ2n) is 31.8. The van der Waals surface area contributed by atoms with Crippen molar-refractivity contribution in [2.24, 2.45) is 0 Å². The summed E-state index contributed by atoms with van der Waals surface area (Å²) in [6.45, 7) is 8.88. The number of aliphatic hydroxyl groups is 2. The van der Waals surface area contributed by atoms with Gasteiger partial charge < -0.3 is 131 Å². The number of carbonyl (C=O) groups is 5. The van der Waals surface area contributed by atoms with Gasteiger partial charge in [0.15, 0.2) is 115 Å². The number of aryl methyl sites for hydroxylation is 2. The minimum absolute atomic E-state index is 0. The third kappa shape index (κ3) is 41.6. The number of phenolic OH excluding ortho intramolecular Hbond substituents is 2. The van der Waals surface area contributed by atoms with Crippen molar-refractivity contribution in [3.05, 3.63) is 303 Å². The first-order valence-electron chi connectivity index (χ1n) is 44.9. The van der Waals surface area contributed by atoms with Crippen molar-refractivity contribution >= 4 is 73.9 Å². The number of Topliss-reactive ketones (excluding diaryl/α,β-unsaturated/α-hetero) is 1. The van der Waals surface area contributed by atoms with Gasteiger partial charge in [0.05, 0.1) is 80.4 Å². The number of ketones is 3. The van der Waals surface area contributed by atoms with Crippen molar-refractivity contribution in [2.75, 3.05) is 109 Å². The number of halogens is 2. The molecule has 0 bridgehead atoms. The van der Waals surface area contributed by atoms with E-state index in [-0.39, 0.29) is 194 Å². The first-order chi connectivity index (χ1) is 70.5. The molecule has 150 heavy (non-hydrogen) atoms. The summed E-state index contributed by atoms with van der Waals surface area (Å²) < 4.78 is 136. The molecule has 788 valence electrons. The van der Waals surface area contributed by atoms with Crippen molar-refractivity contribution in [3.8, 4) is 132 Å². The molecule has 0 amide bonds. The maximum absolute atomic E-state index is 12.3. The molecule has 19 rings (SSSR count). The molecule has 0 saturated carbocycles. The molecular formula is C110H116Br2CrK2O35. The summed E-state index contributed by atoms with van der Waals surface area (Å²) in [5.41, 5.74) is 12.4. The van der Waals surface area contributed by atoms with Gasteiger partial charge in [0, 0.05) is 36.3 Å². The van der Waals surface area contributed by atoms with Gasteiger partial charge in [0.25, 0.3) is 0 Å². The average Bonchev–Trinajstić information content (AvgIpc) is 0.906. The van der Waals surface area contributed by atoms with Crippen LogP contribution in [0, 0.1) is 13.8 Å². The maximum atomic E-state index is 12.3. The molecule has 1 aliphatic carbocycles. The fourth-order valence-corrected chi connectivity index (χ4v) is 14.5. The number of alkyl halides is 2. The van der Waals surface area contributed by atoms with E-state index in [1.807, 2.05) is 147 Å². The van der Waals surface area contributed by atoms with Gasteiger partial charge >= 0.3 is 128 Å². The molecule has 35 nitrogen and oxygen atoms in total. The Kier molecular flexibility index (Phi) is 58.1. The molecule has 3 atom stereocenters. The van der Waals surface area contributed by atoms with Crippen LogP contribution in [0.2, 0.25) is 0 Å². The number of hydrogen-bond acceptors (Lipinski definition) is 35. The van der Waals surface area contributed by atoms with Crippen molar-refractivity contribution in [3.63, 3.8) is 0 Å². The number of aliphatic hydroxyl groups excluding tert-OH is 2. The van der Waals surface area contributed by atoms with Crippen LogP contribution in [0.4, 0.5) is 0 Å². The topological polar surface area (TPSA) is 471 Å². The molecule has 0 fully saturated rings. The molecule has 40 heteroatoms. The molecule has 12 aromatic rings. The average molecular weight is 2290 g/mol. The van der Waals surface area contributed by atoms with E-state index in [0.717, 1.165) is 137 Å². The van der Waals surface area contributed by atoms with Crippen LogP contribution in [0.1, 0.15) is 108 Å². The number of allylic oxidation sites excluding steroid dienone is 2. The van der Waals surface area contributed by atoms with E-state index in [1.165, 1.54) is 56.2 Å². The van der Waals surface area contributed by atoms with Crippen LogP contribution in [0.5, 0.6) is 132 Å². The third-order valence-electron chi connectivity index (χ3n) is 21.4. The Balaban J connectivity index is 0.000000299. The van der Waals surface area contributed by atoms with Crippen LogP contribution in [0.15, 0.2) is 231 Å². The fourth-order valence-electron chi connectivity index (χ4n) is 14.5. The summed E-state index contributed by atoms with van der Waals surface area (Å²) in [6.07, 6.45) is 10.6. The van der Waals surface area contributed by atoms with E-state index < -0.39 is 14.0 Å². The summed E-state index contributed by atoms with van der Waals surface area (Å²) in [5.74, 6) is 14.8. The number of aldehydes is 2. The van der Waals surface area contributed by atoms with E-state index in [9.17, 15) is 34.2 Å². The molecule has 3 unspecified atom stereocenters. The zero-order valence-corrected chi connectivity index (χ0v) is 96.1. The molecule has 0 spiro atoms. The van der Waals surface area contributed by atoms with Gasteiger partial charge in [-0.05, 0) is 278 Å². The van der Waals surface area contributed by atoms with Crippen molar-refractivity contribution in [1.29, 1.82) is 0 Å². The van der Waals surface area contributed by atoms with Crippen LogP contribution in [-0.2, 0) is 71.8 Å². The molecule has 6 aliphatic heterocycles. The van der Waals surface area contributed by atoms with Gasteiger partial charge in [-0.15, -0.1) is 0 Å². The monoisotopic (exact) mass is 2280 g/mol. The standard InChI is InChI=1S/C20H20O6.C18H18O4.C18H16O4.C10H12O4.C10H12O3.C10H10O3.2C8H8O2.C7H8O2.CH2Br2.Cr.2K.2H2O.3O/c1-22-18-10-14(11-19(23-2)20(18)24-3)4-6-15(21)8-13-5-7-16-17(9-13)26-12-25-16;1-20-14-4-2-11(3-5-14)15-8-13(19)6-12-7-17-18(9-16(12)15)22-10-21-17;1-20-16-7-3-13(4-8-16)2-6-15(19)10-14-5-9-17-18(11-14)22-12-21-17;1-12-8-4-7(6-11)5-9(13-2)10(8)14-3;2*1-7(11)4-8-2-3-9-10(5-8)13-6-12-9;1-6-2-3-7-8(4-6)10-5-9-7;1-10-8-4-2-7(6-9)3-5-8;1-5-2-3-6(8)7(9)4-5;2-1-3;;;;;;;;/h4-7,9-11H,8,12H2,1-3H3;2-5,7,9,13,15,19H,6,8,10H2,1H3;2-9,11H,10,12H2,1H3;4-6H,1-3H3;2-3,5,7,11H,4,6H2,1H3;2-3,5H,4,6H2,1H3;2-4H,5H2,1H3;2-6H,1H3;2-4,8-9H,1H3;1H2;;;;2*1H2;;;/q;;;;;;;;;;;2*+1;;;;;/p-2/b6-4+;;6-2+;;;;;;;;;;;;;;;. The van der Waals surface area contributed by atoms with Gasteiger partial charge in [-0.3, -0.25) is 24.0 Å².